The summed E-state index contributed by atoms with van der Waals surface area (Å²) in [6.07, 6.45) is 0. The molecule has 4 aromatic rings. The Balaban J connectivity index is 1.77. The van der Waals surface area contributed by atoms with Crippen LogP contribution in [-0.2, 0) is 5.41 Å². The third-order valence-corrected chi connectivity index (χ3v) is 6.88. The predicted molar refractivity (Wildman–Crippen MR) is 119 cm³/mol. The summed E-state index contributed by atoms with van der Waals surface area (Å²) < 4.78 is 25.5. The van der Waals surface area contributed by atoms with Crippen molar-refractivity contribution in [2.24, 2.45) is 0 Å². The van der Waals surface area contributed by atoms with Gasteiger partial charge >= 0.3 is 5.63 Å². The van der Waals surface area contributed by atoms with Gasteiger partial charge in [0.1, 0.15) is 27.4 Å². The van der Waals surface area contributed by atoms with E-state index >= 15 is 0 Å². The molecule has 1 N–H and O–H groups in total. The van der Waals surface area contributed by atoms with Crippen LogP contribution in [0.1, 0.15) is 25.1 Å². The number of hydrogen-bond donors (Lipinski definition) is 1. The number of ether oxygens (including phenoxy) is 1. The number of aromatic nitrogens is 1. The molecule has 0 fully saturated rings. The van der Waals surface area contributed by atoms with Crippen LogP contribution < -0.4 is 15.9 Å². The van der Waals surface area contributed by atoms with Crippen molar-refractivity contribution in [3.8, 4) is 17.2 Å². The van der Waals surface area contributed by atoms with Crippen LogP contribution in [0.5, 0.6) is 11.5 Å². The molecule has 8 heteroatoms. The van der Waals surface area contributed by atoms with Crippen molar-refractivity contribution in [2.75, 3.05) is 7.11 Å². The topological polar surface area (TPSA) is 81.7 Å². The SMILES string of the molecule is COc1ccc2c(c1)C(C)(C)c1cc3oc(=O)c(Sc4ccc(F)cc4)c(O)c3c(=O)n1-2. The van der Waals surface area contributed by atoms with E-state index in [1.54, 1.807) is 25.3 Å². The Kier molecular flexibility index (Phi) is 4.46. The lowest BCUT2D eigenvalue weighted by atomic mass is 9.83. The summed E-state index contributed by atoms with van der Waals surface area (Å²) in [5.74, 6) is -0.212. The molecule has 162 valence electrons. The van der Waals surface area contributed by atoms with E-state index in [0.29, 0.717) is 22.0 Å². The minimum absolute atomic E-state index is 0.0139. The van der Waals surface area contributed by atoms with Gasteiger partial charge in [0.05, 0.1) is 12.8 Å². The first-order chi connectivity index (χ1) is 15.2. The van der Waals surface area contributed by atoms with E-state index in [0.717, 1.165) is 17.3 Å². The molecular formula is C24H18FNO5S. The number of benzene rings is 2. The molecule has 0 bridgehead atoms. The molecule has 1 aliphatic rings. The molecule has 0 aliphatic carbocycles. The van der Waals surface area contributed by atoms with Gasteiger partial charge in [0.25, 0.3) is 5.56 Å². The highest BCUT2D eigenvalue weighted by Gasteiger charge is 2.38. The zero-order valence-corrected chi connectivity index (χ0v) is 18.2. The van der Waals surface area contributed by atoms with Gasteiger partial charge in [0.2, 0.25) is 0 Å². The van der Waals surface area contributed by atoms with Crippen LogP contribution in [-0.4, -0.2) is 16.8 Å². The first-order valence-electron chi connectivity index (χ1n) is 9.81. The lowest BCUT2D eigenvalue weighted by molar-refractivity contribution is 0.413. The van der Waals surface area contributed by atoms with Gasteiger partial charge < -0.3 is 14.3 Å². The molecule has 3 heterocycles. The van der Waals surface area contributed by atoms with E-state index in [9.17, 15) is 19.1 Å². The smallest absolute Gasteiger partial charge is 0.354 e. The maximum Gasteiger partial charge on any atom is 0.354 e. The summed E-state index contributed by atoms with van der Waals surface area (Å²) in [6.45, 7) is 3.93. The molecule has 0 amide bonds. The van der Waals surface area contributed by atoms with Crippen molar-refractivity contribution >= 4 is 22.7 Å². The van der Waals surface area contributed by atoms with Gasteiger partial charge in [-0.05, 0) is 48.0 Å². The molecule has 6 nitrogen and oxygen atoms in total. The van der Waals surface area contributed by atoms with Crippen molar-refractivity contribution in [3.63, 3.8) is 0 Å². The Morgan fingerprint density at radius 1 is 1.09 bits per heavy atom. The van der Waals surface area contributed by atoms with E-state index in [4.69, 9.17) is 9.15 Å². The van der Waals surface area contributed by atoms with E-state index in [2.05, 4.69) is 0 Å². The number of pyridine rings is 1. The summed E-state index contributed by atoms with van der Waals surface area (Å²) in [5, 5.41) is 10.8. The van der Waals surface area contributed by atoms with Crippen molar-refractivity contribution < 1.29 is 18.7 Å². The fourth-order valence-electron chi connectivity index (χ4n) is 4.13. The Hall–Kier alpha value is -3.52. The van der Waals surface area contributed by atoms with Gasteiger partial charge in [-0.25, -0.2) is 9.18 Å². The van der Waals surface area contributed by atoms with Crippen LogP contribution >= 0.6 is 11.8 Å². The standard InChI is InChI=1S/C24H18FNO5S/c1-24(2)15-10-13(30-3)6-9-16(15)26-18(24)11-17-19(22(26)28)20(27)21(23(29)31-17)32-14-7-4-12(25)5-8-14/h4-11,27H,1-3H3. The molecule has 2 aromatic heterocycles. The Morgan fingerprint density at radius 3 is 2.50 bits per heavy atom. The highest BCUT2D eigenvalue weighted by Crippen LogP contribution is 2.44. The largest absolute Gasteiger partial charge is 0.505 e. The fourth-order valence-corrected chi connectivity index (χ4v) is 4.96. The average Bonchev–Trinajstić information content (AvgIpc) is 2.99. The Bertz CT molecular complexity index is 1520. The maximum absolute atomic E-state index is 13.6. The molecule has 32 heavy (non-hydrogen) atoms. The lowest BCUT2D eigenvalue weighted by Gasteiger charge is -2.20. The van der Waals surface area contributed by atoms with Crippen LogP contribution in [0.25, 0.3) is 16.7 Å². The molecule has 2 aromatic carbocycles. The minimum Gasteiger partial charge on any atom is -0.505 e. The number of nitrogens with zero attached hydrogens (tertiary/aromatic N) is 1. The van der Waals surface area contributed by atoms with E-state index < -0.39 is 28.2 Å². The van der Waals surface area contributed by atoms with Gasteiger partial charge in [-0.3, -0.25) is 9.36 Å². The summed E-state index contributed by atoms with van der Waals surface area (Å²) in [5.41, 5.74) is 0.385. The third-order valence-electron chi connectivity index (χ3n) is 5.80. The molecule has 0 saturated heterocycles. The molecule has 0 saturated carbocycles. The minimum atomic E-state index is -0.774. The molecule has 1 aliphatic heterocycles. The van der Waals surface area contributed by atoms with Crippen molar-refractivity contribution in [1.82, 2.24) is 4.57 Å². The number of methoxy groups -OCH3 is 1. The predicted octanol–water partition coefficient (Wildman–Crippen LogP) is 4.59. The van der Waals surface area contributed by atoms with Gasteiger partial charge in [-0.1, -0.05) is 25.6 Å². The highest BCUT2D eigenvalue weighted by molar-refractivity contribution is 7.99. The summed E-state index contributed by atoms with van der Waals surface area (Å²) >= 11 is 0.909. The van der Waals surface area contributed by atoms with Gasteiger partial charge in [-0.2, -0.15) is 0 Å². The summed E-state index contributed by atoms with van der Waals surface area (Å²) in [6, 6.07) is 12.5. The molecule has 5 rings (SSSR count). The second-order valence-electron chi connectivity index (χ2n) is 8.04. The number of halogens is 1. The Labute approximate surface area is 185 Å². The molecule has 0 spiro atoms. The van der Waals surface area contributed by atoms with Gasteiger partial charge in [0.15, 0.2) is 5.75 Å². The van der Waals surface area contributed by atoms with Crippen LogP contribution in [0.3, 0.4) is 0 Å². The monoisotopic (exact) mass is 451 g/mol. The Morgan fingerprint density at radius 2 is 1.81 bits per heavy atom. The van der Waals surface area contributed by atoms with Crippen LogP contribution in [0.4, 0.5) is 4.39 Å². The van der Waals surface area contributed by atoms with Gasteiger partial charge in [-0.15, -0.1) is 0 Å². The second kappa shape index (κ2) is 7.00. The number of rotatable bonds is 3. The van der Waals surface area contributed by atoms with E-state index in [-0.39, 0.29) is 15.9 Å². The van der Waals surface area contributed by atoms with Crippen molar-refractivity contribution in [1.29, 1.82) is 0 Å². The van der Waals surface area contributed by atoms with Crippen LogP contribution in [0, 0.1) is 5.82 Å². The number of fused-ring (bicyclic) bond motifs is 4. The maximum atomic E-state index is 13.6. The van der Waals surface area contributed by atoms with Crippen molar-refractivity contribution in [2.45, 2.75) is 29.1 Å². The molecule has 0 atom stereocenters. The lowest BCUT2D eigenvalue weighted by Crippen LogP contribution is -2.24. The highest BCUT2D eigenvalue weighted by atomic mass is 32.2. The fraction of sp³-hybridized carbons (Fsp3) is 0.167. The third kappa shape index (κ3) is 2.86. The second-order valence-corrected chi connectivity index (χ2v) is 9.12. The first kappa shape index (κ1) is 20.4. The molecular weight excluding hydrogens is 433 g/mol. The average molecular weight is 451 g/mol. The zero-order valence-electron chi connectivity index (χ0n) is 17.4. The quantitative estimate of drug-likeness (QED) is 0.491. The van der Waals surface area contributed by atoms with Crippen LogP contribution in [0.2, 0.25) is 0 Å². The van der Waals surface area contributed by atoms with E-state index in [1.807, 2.05) is 19.9 Å². The molecule has 0 radical (unpaired) electrons. The van der Waals surface area contributed by atoms with Crippen LogP contribution in [0.15, 0.2) is 72.3 Å². The van der Waals surface area contributed by atoms with Crippen molar-refractivity contribution in [3.05, 3.63) is 86.4 Å². The first-order valence-corrected chi connectivity index (χ1v) is 10.6. The van der Waals surface area contributed by atoms with E-state index in [1.165, 1.54) is 28.8 Å². The zero-order chi connectivity index (χ0) is 22.8. The van der Waals surface area contributed by atoms with Gasteiger partial charge in [0, 0.05) is 22.1 Å². The number of aromatic hydroxyl groups is 1. The number of hydrogen-bond acceptors (Lipinski definition) is 6. The summed E-state index contributed by atoms with van der Waals surface area (Å²) in [4.78, 5) is 26.6. The normalized spacial score (nSPS) is 13.8. The molecule has 0 unspecified atom stereocenters. The summed E-state index contributed by atoms with van der Waals surface area (Å²) in [7, 11) is 1.57.